The summed E-state index contributed by atoms with van der Waals surface area (Å²) in [5.74, 6) is -0.130. The van der Waals surface area contributed by atoms with Gasteiger partial charge in [-0.25, -0.2) is 4.98 Å². The van der Waals surface area contributed by atoms with Crippen molar-refractivity contribution < 1.29 is 23.1 Å². The second-order valence-corrected chi connectivity index (χ2v) is 5.16. The van der Waals surface area contributed by atoms with E-state index in [0.29, 0.717) is 17.1 Å². The molecule has 0 atom stereocenters. The molecular formula is C12H11F3N2O2S. The number of aliphatic carboxylic acids is 1. The number of imidazole rings is 1. The number of carbonyl (C=O) groups is 1. The summed E-state index contributed by atoms with van der Waals surface area (Å²) in [6.45, 7) is 0. The van der Waals surface area contributed by atoms with Crippen LogP contribution in [0, 0.1) is 0 Å². The Balaban J connectivity index is 2.30. The van der Waals surface area contributed by atoms with Crippen molar-refractivity contribution in [3.63, 3.8) is 0 Å². The highest BCUT2D eigenvalue weighted by atomic mass is 32.2. The lowest BCUT2D eigenvalue weighted by molar-refractivity contribution is -0.137. The number of carboxylic acids is 1. The zero-order chi connectivity index (χ0) is 14.9. The molecule has 0 aliphatic carbocycles. The van der Waals surface area contributed by atoms with Crippen molar-refractivity contribution in [3.8, 4) is 0 Å². The molecule has 0 saturated heterocycles. The molecule has 108 valence electrons. The Labute approximate surface area is 116 Å². The minimum absolute atomic E-state index is 0.0724. The molecule has 1 heterocycles. The summed E-state index contributed by atoms with van der Waals surface area (Å²) < 4.78 is 39.5. The zero-order valence-corrected chi connectivity index (χ0v) is 11.3. The molecule has 0 spiro atoms. The van der Waals surface area contributed by atoms with Gasteiger partial charge in [-0.2, -0.15) is 13.2 Å². The number of halogens is 3. The zero-order valence-electron chi connectivity index (χ0n) is 10.4. The van der Waals surface area contributed by atoms with E-state index in [0.717, 1.165) is 23.9 Å². The molecule has 0 fully saturated rings. The molecule has 0 radical (unpaired) electrons. The van der Waals surface area contributed by atoms with Crippen LogP contribution in [0.1, 0.15) is 11.4 Å². The molecule has 1 aromatic carbocycles. The average Bonchev–Trinajstić information content (AvgIpc) is 2.65. The molecule has 1 aromatic heterocycles. The minimum atomic E-state index is -4.40. The molecule has 20 heavy (non-hydrogen) atoms. The summed E-state index contributed by atoms with van der Waals surface area (Å²) in [5.41, 5.74) is 0.102. The summed E-state index contributed by atoms with van der Waals surface area (Å²) in [6, 6.07) is 3.38. The SMILES string of the molecule is Cn1c(CSCC(=O)O)nc2cc(C(F)(F)F)ccc21. The maximum atomic E-state index is 12.6. The second kappa shape index (κ2) is 5.35. The predicted molar refractivity (Wildman–Crippen MR) is 69.5 cm³/mol. The monoisotopic (exact) mass is 304 g/mol. The molecule has 0 amide bonds. The highest BCUT2D eigenvalue weighted by molar-refractivity contribution is 7.99. The average molecular weight is 304 g/mol. The topological polar surface area (TPSA) is 55.1 Å². The van der Waals surface area contributed by atoms with Gasteiger partial charge < -0.3 is 9.67 Å². The van der Waals surface area contributed by atoms with Gasteiger partial charge in [-0.15, -0.1) is 11.8 Å². The lowest BCUT2D eigenvalue weighted by Gasteiger charge is -2.05. The van der Waals surface area contributed by atoms with E-state index in [4.69, 9.17) is 5.11 Å². The number of thioether (sulfide) groups is 1. The Kier molecular flexibility index (Phi) is 3.94. The summed E-state index contributed by atoms with van der Waals surface area (Å²) in [6.07, 6.45) is -4.40. The number of carboxylic acid groups (broad SMARTS) is 1. The number of aromatic nitrogens is 2. The maximum absolute atomic E-state index is 12.6. The number of nitrogens with zero attached hydrogens (tertiary/aromatic N) is 2. The normalized spacial score (nSPS) is 12.0. The van der Waals surface area contributed by atoms with Crippen LogP contribution in [0.15, 0.2) is 18.2 Å². The van der Waals surface area contributed by atoms with Crippen LogP contribution in [0.25, 0.3) is 11.0 Å². The van der Waals surface area contributed by atoms with Gasteiger partial charge in [0.25, 0.3) is 0 Å². The van der Waals surface area contributed by atoms with Crippen molar-refractivity contribution in [2.45, 2.75) is 11.9 Å². The molecule has 0 unspecified atom stereocenters. The van der Waals surface area contributed by atoms with Crippen LogP contribution < -0.4 is 0 Å². The Bertz CT molecular complexity index is 652. The van der Waals surface area contributed by atoms with Gasteiger partial charge >= 0.3 is 12.1 Å². The lowest BCUT2D eigenvalue weighted by Crippen LogP contribution is -2.04. The molecule has 0 bridgehead atoms. The summed E-state index contributed by atoms with van der Waals surface area (Å²) in [4.78, 5) is 14.6. The van der Waals surface area contributed by atoms with E-state index in [1.54, 1.807) is 11.6 Å². The van der Waals surface area contributed by atoms with Gasteiger partial charge in [-0.05, 0) is 18.2 Å². The van der Waals surface area contributed by atoms with Crippen LogP contribution in [-0.4, -0.2) is 26.4 Å². The Morgan fingerprint density at radius 1 is 1.45 bits per heavy atom. The first-order chi connectivity index (χ1) is 9.29. The molecule has 0 saturated carbocycles. The Morgan fingerprint density at radius 3 is 2.75 bits per heavy atom. The van der Waals surface area contributed by atoms with Gasteiger partial charge in [0.2, 0.25) is 0 Å². The van der Waals surface area contributed by atoms with Crippen molar-refractivity contribution in [2.24, 2.45) is 7.05 Å². The first-order valence-electron chi connectivity index (χ1n) is 5.61. The molecular weight excluding hydrogens is 293 g/mol. The van der Waals surface area contributed by atoms with E-state index in [2.05, 4.69) is 4.98 Å². The Morgan fingerprint density at radius 2 is 2.15 bits per heavy atom. The highest BCUT2D eigenvalue weighted by Gasteiger charge is 2.30. The fourth-order valence-corrected chi connectivity index (χ4v) is 2.50. The number of hydrogen-bond donors (Lipinski definition) is 1. The van der Waals surface area contributed by atoms with Gasteiger partial charge in [0.1, 0.15) is 5.82 Å². The second-order valence-electron chi connectivity index (χ2n) is 4.17. The number of hydrogen-bond acceptors (Lipinski definition) is 3. The summed E-state index contributed by atoms with van der Waals surface area (Å²) >= 11 is 1.15. The summed E-state index contributed by atoms with van der Waals surface area (Å²) in [7, 11) is 1.69. The van der Waals surface area contributed by atoms with Crippen molar-refractivity contribution in [2.75, 3.05) is 5.75 Å². The number of alkyl halides is 3. The molecule has 8 heteroatoms. The van der Waals surface area contributed by atoms with E-state index >= 15 is 0 Å². The molecule has 1 N–H and O–H groups in total. The fraction of sp³-hybridized carbons (Fsp3) is 0.333. The largest absolute Gasteiger partial charge is 0.481 e. The van der Waals surface area contributed by atoms with Crippen LogP contribution in [0.4, 0.5) is 13.2 Å². The van der Waals surface area contributed by atoms with Crippen LogP contribution >= 0.6 is 11.8 Å². The van der Waals surface area contributed by atoms with Crippen LogP contribution in [0.5, 0.6) is 0 Å². The molecule has 2 rings (SSSR count). The number of benzene rings is 1. The van der Waals surface area contributed by atoms with Crippen LogP contribution in [0.3, 0.4) is 0 Å². The van der Waals surface area contributed by atoms with Crippen molar-refractivity contribution in [1.82, 2.24) is 9.55 Å². The fourth-order valence-electron chi connectivity index (χ4n) is 1.78. The lowest BCUT2D eigenvalue weighted by atomic mass is 10.2. The quantitative estimate of drug-likeness (QED) is 0.943. The van der Waals surface area contributed by atoms with Crippen molar-refractivity contribution in [1.29, 1.82) is 0 Å². The van der Waals surface area contributed by atoms with Gasteiger partial charge in [0.15, 0.2) is 0 Å². The standard InChI is InChI=1S/C12H11F3N2O2S/c1-17-9-3-2-7(12(13,14)15)4-8(9)16-10(17)5-20-6-11(18)19/h2-4H,5-6H2,1H3,(H,18,19). The van der Waals surface area contributed by atoms with Crippen molar-refractivity contribution in [3.05, 3.63) is 29.6 Å². The van der Waals surface area contributed by atoms with E-state index in [9.17, 15) is 18.0 Å². The third-order valence-electron chi connectivity index (χ3n) is 2.76. The van der Waals surface area contributed by atoms with Crippen molar-refractivity contribution >= 4 is 28.8 Å². The molecule has 0 aliphatic heterocycles. The first-order valence-corrected chi connectivity index (χ1v) is 6.76. The number of aryl methyl sites for hydroxylation is 1. The number of fused-ring (bicyclic) bond motifs is 1. The first kappa shape index (κ1) is 14.7. The third kappa shape index (κ3) is 3.06. The van der Waals surface area contributed by atoms with Crippen LogP contribution in [0.2, 0.25) is 0 Å². The van der Waals surface area contributed by atoms with Gasteiger partial charge in [-0.3, -0.25) is 4.79 Å². The molecule has 4 nitrogen and oxygen atoms in total. The van der Waals surface area contributed by atoms with Gasteiger partial charge in [-0.1, -0.05) is 0 Å². The molecule has 0 aliphatic rings. The highest BCUT2D eigenvalue weighted by Crippen LogP contribution is 2.31. The van der Waals surface area contributed by atoms with E-state index in [1.807, 2.05) is 0 Å². The smallest absolute Gasteiger partial charge is 0.416 e. The minimum Gasteiger partial charge on any atom is -0.481 e. The maximum Gasteiger partial charge on any atom is 0.416 e. The third-order valence-corrected chi connectivity index (χ3v) is 3.67. The summed E-state index contributed by atoms with van der Waals surface area (Å²) in [5, 5.41) is 8.55. The Hall–Kier alpha value is -1.70. The van der Waals surface area contributed by atoms with E-state index in [-0.39, 0.29) is 11.3 Å². The number of rotatable bonds is 4. The van der Waals surface area contributed by atoms with Gasteiger partial charge in [0, 0.05) is 7.05 Å². The predicted octanol–water partition coefficient (Wildman–Crippen LogP) is 2.91. The van der Waals surface area contributed by atoms with Crippen LogP contribution in [-0.2, 0) is 23.8 Å². The molecule has 2 aromatic rings. The van der Waals surface area contributed by atoms with E-state index < -0.39 is 17.7 Å². The van der Waals surface area contributed by atoms with E-state index in [1.165, 1.54) is 6.07 Å². The van der Waals surface area contributed by atoms with Gasteiger partial charge in [0.05, 0.1) is 28.1 Å².